The van der Waals surface area contributed by atoms with E-state index in [1.54, 1.807) is 0 Å². The first-order valence-corrected chi connectivity index (χ1v) is 7.15. The van der Waals surface area contributed by atoms with Gasteiger partial charge in [-0.1, -0.05) is 31.9 Å². The Balaban J connectivity index is 0.00000220. The number of hydrogen-bond acceptors (Lipinski definition) is 2. The maximum absolute atomic E-state index is 4.71. The second kappa shape index (κ2) is 12.1. The van der Waals surface area contributed by atoms with E-state index in [-0.39, 0.29) is 23.1 Å². The van der Waals surface area contributed by atoms with Crippen LogP contribution in [0.25, 0.3) is 21.3 Å². The summed E-state index contributed by atoms with van der Waals surface area (Å²) in [5, 5.41) is 21.1. The monoisotopic (exact) mass is 337 g/mol. The van der Waals surface area contributed by atoms with Crippen molar-refractivity contribution in [3.8, 4) is 0 Å². The molecular formula is C14H22CuN6-4. The van der Waals surface area contributed by atoms with Crippen LogP contribution in [-0.4, -0.2) is 51.0 Å². The Morgan fingerprint density at radius 3 is 2.48 bits per heavy atom. The predicted molar refractivity (Wildman–Crippen MR) is 82.2 cm³/mol. The maximum atomic E-state index is 4.71. The predicted octanol–water partition coefficient (Wildman–Crippen LogP) is 2.52. The number of aromatic nitrogens is 1. The van der Waals surface area contributed by atoms with E-state index in [2.05, 4.69) is 26.3 Å². The number of rotatable bonds is 1. The Hall–Kier alpha value is -0.531. The van der Waals surface area contributed by atoms with E-state index in [1.807, 2.05) is 24.4 Å². The second-order valence-corrected chi connectivity index (χ2v) is 4.60. The molecule has 2 heterocycles. The van der Waals surface area contributed by atoms with E-state index < -0.39 is 0 Å². The SMILES string of the molecule is [Cu].c1ccc(C2CC[N-]CC[N-]CNC[N-]CC[N-]2)nc1. The average molecular weight is 338 g/mol. The molecule has 2 rings (SSSR count). The van der Waals surface area contributed by atoms with Gasteiger partial charge in [0, 0.05) is 29.0 Å². The van der Waals surface area contributed by atoms with Gasteiger partial charge >= 0.3 is 0 Å². The molecule has 1 aliphatic heterocycles. The maximum Gasteiger partial charge on any atom is 0.0270 e. The van der Waals surface area contributed by atoms with Crippen LogP contribution >= 0.6 is 0 Å². The quantitative estimate of drug-likeness (QED) is 0.799. The summed E-state index contributed by atoms with van der Waals surface area (Å²) in [6.45, 7) is 5.15. The van der Waals surface area contributed by atoms with Gasteiger partial charge in [0.05, 0.1) is 0 Å². The molecule has 1 unspecified atom stereocenters. The van der Waals surface area contributed by atoms with Gasteiger partial charge in [-0.15, -0.1) is 0 Å². The first-order chi connectivity index (χ1) is 9.97. The van der Waals surface area contributed by atoms with Gasteiger partial charge in [0.15, 0.2) is 0 Å². The minimum absolute atomic E-state index is 0. The number of hydrogen-bond donors (Lipinski definition) is 1. The fraction of sp³-hybridized carbons (Fsp3) is 0.643. The summed E-state index contributed by atoms with van der Waals surface area (Å²) in [4.78, 5) is 4.41. The summed E-state index contributed by atoms with van der Waals surface area (Å²) in [6.07, 6.45) is 2.73. The molecule has 1 fully saturated rings. The smallest absolute Gasteiger partial charge is 0.0270 e. The topological polar surface area (TPSA) is 81.3 Å². The molecular weight excluding hydrogens is 316 g/mol. The minimum Gasteiger partial charge on any atom is -0.664 e. The molecule has 1 N–H and O–H groups in total. The van der Waals surface area contributed by atoms with Crippen molar-refractivity contribution in [2.75, 3.05) is 46.1 Å². The summed E-state index contributed by atoms with van der Waals surface area (Å²) < 4.78 is 0. The van der Waals surface area contributed by atoms with Crippen molar-refractivity contribution in [2.24, 2.45) is 0 Å². The van der Waals surface area contributed by atoms with Crippen LogP contribution in [0.3, 0.4) is 0 Å². The summed E-state index contributed by atoms with van der Waals surface area (Å²) in [5.74, 6) is 0. The number of nitrogens with zero attached hydrogens (tertiary/aromatic N) is 5. The molecule has 123 valence electrons. The zero-order valence-electron chi connectivity index (χ0n) is 12.1. The largest absolute Gasteiger partial charge is 0.664 e. The summed E-state index contributed by atoms with van der Waals surface area (Å²) in [5.41, 5.74) is 1.03. The molecule has 0 saturated carbocycles. The van der Waals surface area contributed by atoms with Crippen LogP contribution in [0.1, 0.15) is 18.2 Å². The summed E-state index contributed by atoms with van der Waals surface area (Å²) >= 11 is 0. The third-order valence-corrected chi connectivity index (χ3v) is 3.06. The molecule has 0 amide bonds. The molecule has 1 atom stereocenters. The fourth-order valence-corrected chi connectivity index (χ4v) is 2.02. The molecule has 6 nitrogen and oxygen atoms in total. The van der Waals surface area contributed by atoms with Crippen molar-refractivity contribution in [1.82, 2.24) is 10.3 Å². The Bertz CT molecular complexity index is 337. The molecule has 7 heteroatoms. The summed E-state index contributed by atoms with van der Waals surface area (Å²) in [6, 6.07) is 6.10. The van der Waals surface area contributed by atoms with Gasteiger partial charge in [0.25, 0.3) is 0 Å². The fourth-order valence-electron chi connectivity index (χ4n) is 2.02. The van der Waals surface area contributed by atoms with Gasteiger partial charge in [-0.25, -0.2) is 0 Å². The minimum atomic E-state index is 0. The van der Waals surface area contributed by atoms with Crippen LogP contribution in [-0.2, 0) is 17.1 Å². The number of pyridine rings is 1. The van der Waals surface area contributed by atoms with Gasteiger partial charge in [0.1, 0.15) is 0 Å². The van der Waals surface area contributed by atoms with E-state index in [0.717, 1.165) is 44.8 Å². The van der Waals surface area contributed by atoms with Crippen molar-refractivity contribution < 1.29 is 17.1 Å². The second-order valence-electron chi connectivity index (χ2n) is 4.60. The van der Waals surface area contributed by atoms with E-state index in [4.69, 9.17) is 5.32 Å². The molecule has 0 spiro atoms. The molecule has 21 heavy (non-hydrogen) atoms. The van der Waals surface area contributed by atoms with Gasteiger partial charge in [-0.2, -0.15) is 32.7 Å². The Kier molecular flexibility index (Phi) is 10.6. The molecule has 1 saturated heterocycles. The van der Waals surface area contributed by atoms with Crippen molar-refractivity contribution in [3.63, 3.8) is 0 Å². The number of nitrogens with one attached hydrogen (secondary N) is 1. The normalized spacial score (nSPS) is 22.8. The molecule has 0 aromatic carbocycles. The molecule has 0 aliphatic carbocycles. The standard InChI is InChI=1S/C14H22N6.Cu/c1-2-5-19-13(3-1)14-4-6-15-7-8-16-11-18-12-17-9-10-20-14;/h1-3,5,14,18H,4,6-12H2;/q-4;. The van der Waals surface area contributed by atoms with Crippen molar-refractivity contribution >= 4 is 0 Å². The molecule has 0 bridgehead atoms. The molecule has 1 aromatic rings. The molecule has 1 aliphatic rings. The van der Waals surface area contributed by atoms with E-state index in [9.17, 15) is 0 Å². The van der Waals surface area contributed by atoms with Gasteiger partial charge in [-0.05, 0) is 12.1 Å². The van der Waals surface area contributed by atoms with Crippen LogP contribution < -0.4 is 5.32 Å². The van der Waals surface area contributed by atoms with Crippen LogP contribution in [0.4, 0.5) is 0 Å². The van der Waals surface area contributed by atoms with Crippen molar-refractivity contribution in [3.05, 3.63) is 51.4 Å². The van der Waals surface area contributed by atoms with Gasteiger partial charge < -0.3 is 26.6 Å². The van der Waals surface area contributed by atoms with E-state index in [0.29, 0.717) is 13.3 Å². The van der Waals surface area contributed by atoms with Crippen LogP contribution in [0, 0.1) is 0 Å². The van der Waals surface area contributed by atoms with Crippen molar-refractivity contribution in [2.45, 2.75) is 12.5 Å². The van der Waals surface area contributed by atoms with Gasteiger partial charge in [0.2, 0.25) is 0 Å². The molecule has 1 radical (unpaired) electrons. The Labute approximate surface area is 137 Å². The van der Waals surface area contributed by atoms with E-state index >= 15 is 0 Å². The zero-order chi connectivity index (χ0) is 13.9. The summed E-state index contributed by atoms with van der Waals surface area (Å²) in [7, 11) is 0. The third-order valence-electron chi connectivity index (χ3n) is 3.06. The zero-order valence-corrected chi connectivity index (χ0v) is 13.0. The first-order valence-electron chi connectivity index (χ1n) is 7.15. The average Bonchev–Trinajstić information content (AvgIpc) is 2.50. The van der Waals surface area contributed by atoms with E-state index in [1.165, 1.54) is 0 Å². The van der Waals surface area contributed by atoms with Crippen molar-refractivity contribution in [1.29, 1.82) is 0 Å². The first kappa shape index (κ1) is 18.5. The van der Waals surface area contributed by atoms with Crippen LogP contribution in [0.5, 0.6) is 0 Å². The van der Waals surface area contributed by atoms with Crippen LogP contribution in [0.15, 0.2) is 24.4 Å². The molecule has 1 aromatic heterocycles. The third kappa shape index (κ3) is 7.87. The van der Waals surface area contributed by atoms with Crippen LogP contribution in [0.2, 0.25) is 0 Å². The Morgan fingerprint density at radius 2 is 1.71 bits per heavy atom. The Morgan fingerprint density at radius 1 is 0.952 bits per heavy atom. The van der Waals surface area contributed by atoms with Gasteiger partial charge in [-0.3, -0.25) is 4.98 Å².